The minimum Gasteiger partial charge on any atom is -0.480 e. The van der Waals surface area contributed by atoms with Gasteiger partial charge >= 0.3 is 5.97 Å². The Balaban J connectivity index is 1.65. The van der Waals surface area contributed by atoms with Crippen LogP contribution in [0.2, 0.25) is 0 Å². The predicted octanol–water partition coefficient (Wildman–Crippen LogP) is 4.37. The van der Waals surface area contributed by atoms with Gasteiger partial charge in [-0.1, -0.05) is 74.5 Å². The molecule has 160 valence electrons. The molecule has 1 aliphatic rings. The normalized spacial score (nSPS) is 21.1. The van der Waals surface area contributed by atoms with Crippen molar-refractivity contribution in [3.05, 3.63) is 66.9 Å². The number of hydrogen-bond donors (Lipinski definition) is 1. The Hall–Kier alpha value is -3.25. The molecule has 0 amide bonds. The minimum atomic E-state index is -0.934. The fourth-order valence-electron chi connectivity index (χ4n) is 4.36. The Kier molecular flexibility index (Phi) is 6.28. The molecule has 2 unspecified atom stereocenters. The third-order valence-electron chi connectivity index (χ3n) is 5.72. The Labute approximate surface area is 182 Å². The van der Waals surface area contributed by atoms with Gasteiger partial charge in [0.25, 0.3) is 0 Å². The zero-order valence-electron chi connectivity index (χ0n) is 17.8. The molecule has 1 N–H and O–H groups in total. The van der Waals surface area contributed by atoms with Gasteiger partial charge in [0.15, 0.2) is 0 Å². The first-order valence-electron chi connectivity index (χ1n) is 10.6. The highest BCUT2D eigenvalue weighted by atomic mass is 16.5. The van der Waals surface area contributed by atoms with Crippen LogP contribution in [0.1, 0.15) is 13.8 Å². The molecule has 2 atom stereocenters. The maximum Gasteiger partial charge on any atom is 0.329 e. The summed E-state index contributed by atoms with van der Waals surface area (Å²) in [5.74, 6) is 0.253. The zero-order valence-corrected chi connectivity index (χ0v) is 17.8. The van der Waals surface area contributed by atoms with Gasteiger partial charge in [0.1, 0.15) is 12.4 Å². The summed E-state index contributed by atoms with van der Waals surface area (Å²) in [5, 5.41) is 8.95. The summed E-state index contributed by atoms with van der Waals surface area (Å²) in [6.07, 6.45) is 1.75. The molecular weight excluding hydrogens is 390 g/mol. The van der Waals surface area contributed by atoms with Crippen molar-refractivity contribution in [3.63, 3.8) is 0 Å². The van der Waals surface area contributed by atoms with E-state index in [1.165, 1.54) is 0 Å². The van der Waals surface area contributed by atoms with Gasteiger partial charge in [-0.05, 0) is 0 Å². The maximum atomic E-state index is 10.9. The number of piperidine rings is 1. The minimum absolute atomic E-state index is 0.0857. The average molecular weight is 418 g/mol. The van der Waals surface area contributed by atoms with E-state index in [9.17, 15) is 4.79 Å². The van der Waals surface area contributed by atoms with Crippen molar-refractivity contribution in [1.82, 2.24) is 9.97 Å². The molecule has 3 aromatic rings. The van der Waals surface area contributed by atoms with Gasteiger partial charge in [-0.25, -0.2) is 9.78 Å². The van der Waals surface area contributed by atoms with Gasteiger partial charge in [0.05, 0.1) is 23.7 Å². The van der Waals surface area contributed by atoms with Crippen molar-refractivity contribution >= 4 is 11.8 Å². The van der Waals surface area contributed by atoms with Crippen LogP contribution in [0.3, 0.4) is 0 Å². The molecule has 0 radical (unpaired) electrons. The zero-order chi connectivity index (χ0) is 21.8. The van der Waals surface area contributed by atoms with Crippen LogP contribution in [0.15, 0.2) is 66.9 Å². The Morgan fingerprint density at radius 2 is 1.52 bits per heavy atom. The van der Waals surface area contributed by atoms with E-state index in [2.05, 4.69) is 30.9 Å². The Morgan fingerprint density at radius 3 is 2.06 bits per heavy atom. The lowest BCUT2D eigenvalue weighted by atomic mass is 9.88. The molecule has 0 aliphatic carbocycles. The summed E-state index contributed by atoms with van der Waals surface area (Å²) in [6, 6.07) is 20.2. The van der Waals surface area contributed by atoms with E-state index in [1.807, 2.05) is 54.7 Å². The highest BCUT2D eigenvalue weighted by Gasteiger charge is 2.34. The van der Waals surface area contributed by atoms with E-state index in [0.29, 0.717) is 0 Å². The molecule has 1 fully saturated rings. The summed E-state index contributed by atoms with van der Waals surface area (Å²) in [6.45, 7) is 5.41. The van der Waals surface area contributed by atoms with Gasteiger partial charge in [-0.15, -0.1) is 0 Å². The number of ether oxygens (including phenoxy) is 1. The molecule has 4 rings (SSSR count). The fraction of sp³-hybridized carbons (Fsp3) is 0.320. The van der Waals surface area contributed by atoms with Gasteiger partial charge in [0, 0.05) is 36.1 Å². The van der Waals surface area contributed by atoms with Crippen LogP contribution in [0, 0.1) is 11.8 Å². The van der Waals surface area contributed by atoms with Crippen LogP contribution in [-0.2, 0) is 9.53 Å². The number of carboxylic acids is 1. The Morgan fingerprint density at radius 1 is 0.968 bits per heavy atom. The van der Waals surface area contributed by atoms with E-state index in [4.69, 9.17) is 19.8 Å². The van der Waals surface area contributed by atoms with Crippen molar-refractivity contribution in [2.24, 2.45) is 11.8 Å². The van der Waals surface area contributed by atoms with Crippen molar-refractivity contribution in [2.45, 2.75) is 20.0 Å². The number of carboxylic acid groups (broad SMARTS) is 1. The van der Waals surface area contributed by atoms with Crippen LogP contribution < -0.4 is 4.90 Å². The second-order valence-electron chi connectivity index (χ2n) is 8.19. The standard InChI is InChI=1S/C25H27N3O3/c1-17-14-28(15-18(2)25(17)31-16-22(29)30)21-13-26-23(19-9-5-3-6-10-19)24(27-21)20-11-7-4-8-12-20/h3-13,17-18,25H,14-16H2,1-2H3,(H,29,30). The molecule has 6 nitrogen and oxygen atoms in total. The number of benzene rings is 2. The second-order valence-corrected chi connectivity index (χ2v) is 8.19. The molecule has 1 aliphatic heterocycles. The van der Waals surface area contributed by atoms with Crippen molar-refractivity contribution in [2.75, 3.05) is 24.6 Å². The van der Waals surface area contributed by atoms with Crippen LogP contribution in [0.25, 0.3) is 22.5 Å². The average Bonchev–Trinajstić information content (AvgIpc) is 2.79. The van der Waals surface area contributed by atoms with Gasteiger partial charge in [-0.2, -0.15) is 0 Å². The number of nitrogens with zero attached hydrogens (tertiary/aromatic N) is 3. The lowest BCUT2D eigenvalue weighted by Gasteiger charge is -2.41. The molecule has 2 aromatic carbocycles. The number of aromatic nitrogens is 2. The van der Waals surface area contributed by atoms with Crippen molar-refractivity contribution < 1.29 is 14.6 Å². The summed E-state index contributed by atoms with van der Waals surface area (Å²) in [7, 11) is 0. The van der Waals surface area contributed by atoms with Gasteiger partial charge < -0.3 is 14.7 Å². The fourth-order valence-corrected chi connectivity index (χ4v) is 4.36. The lowest BCUT2D eigenvalue weighted by molar-refractivity contribution is -0.147. The predicted molar refractivity (Wildman–Crippen MR) is 121 cm³/mol. The second kappa shape index (κ2) is 9.27. The summed E-state index contributed by atoms with van der Waals surface area (Å²) in [5.41, 5.74) is 3.77. The molecule has 1 aromatic heterocycles. The SMILES string of the molecule is CC1CN(c2cnc(-c3ccccc3)c(-c3ccccc3)n2)CC(C)C1OCC(=O)O. The van der Waals surface area contributed by atoms with Crippen molar-refractivity contribution in [1.29, 1.82) is 0 Å². The highest BCUT2D eigenvalue weighted by molar-refractivity contribution is 5.78. The summed E-state index contributed by atoms with van der Waals surface area (Å²) >= 11 is 0. The number of anilines is 1. The van der Waals surface area contributed by atoms with Gasteiger partial charge in [0.2, 0.25) is 0 Å². The summed E-state index contributed by atoms with van der Waals surface area (Å²) < 4.78 is 5.66. The molecule has 31 heavy (non-hydrogen) atoms. The third-order valence-corrected chi connectivity index (χ3v) is 5.72. The first-order chi connectivity index (χ1) is 15.0. The highest BCUT2D eigenvalue weighted by Crippen LogP contribution is 2.33. The van der Waals surface area contributed by atoms with E-state index >= 15 is 0 Å². The van der Waals surface area contributed by atoms with Crippen LogP contribution in [0.4, 0.5) is 5.82 Å². The molecule has 2 heterocycles. The smallest absolute Gasteiger partial charge is 0.329 e. The molecule has 0 spiro atoms. The number of carbonyl (C=O) groups is 1. The van der Waals surface area contributed by atoms with E-state index in [1.54, 1.807) is 0 Å². The number of aliphatic carboxylic acids is 1. The third kappa shape index (κ3) is 4.75. The topological polar surface area (TPSA) is 75.5 Å². The van der Waals surface area contributed by atoms with E-state index in [-0.39, 0.29) is 24.5 Å². The van der Waals surface area contributed by atoms with Gasteiger partial charge in [-0.3, -0.25) is 4.98 Å². The van der Waals surface area contributed by atoms with Crippen LogP contribution >= 0.6 is 0 Å². The maximum absolute atomic E-state index is 10.9. The monoisotopic (exact) mass is 417 g/mol. The molecule has 0 saturated carbocycles. The van der Waals surface area contributed by atoms with Crippen molar-refractivity contribution in [3.8, 4) is 22.5 Å². The quantitative estimate of drug-likeness (QED) is 0.642. The number of rotatable bonds is 6. The number of hydrogen-bond acceptors (Lipinski definition) is 5. The molecule has 1 saturated heterocycles. The first kappa shape index (κ1) is 21.0. The van der Waals surface area contributed by atoms with Crippen LogP contribution in [0.5, 0.6) is 0 Å². The molecular formula is C25H27N3O3. The largest absolute Gasteiger partial charge is 0.480 e. The lowest BCUT2D eigenvalue weighted by Crippen LogP contribution is -2.49. The molecule has 6 heteroatoms. The van der Waals surface area contributed by atoms with E-state index in [0.717, 1.165) is 41.4 Å². The summed E-state index contributed by atoms with van der Waals surface area (Å²) in [4.78, 5) is 23.0. The van der Waals surface area contributed by atoms with Crippen LogP contribution in [-0.4, -0.2) is 46.8 Å². The molecule has 0 bridgehead atoms. The van der Waals surface area contributed by atoms with E-state index < -0.39 is 5.97 Å². The Bertz CT molecular complexity index is 1010. The first-order valence-corrected chi connectivity index (χ1v) is 10.6.